The van der Waals surface area contributed by atoms with Crippen LogP contribution in [-0.4, -0.2) is 24.6 Å². The number of aromatic nitrogens is 2. The summed E-state index contributed by atoms with van der Waals surface area (Å²) in [5.41, 5.74) is 0. The van der Waals surface area contributed by atoms with E-state index >= 15 is 0 Å². The fourth-order valence-corrected chi connectivity index (χ4v) is 1.81. The Balaban J connectivity index is 3.15. The lowest BCUT2D eigenvalue weighted by atomic mass is 10.4. The minimum Gasteiger partial charge on any atom is -0.444 e. The Morgan fingerprint density at radius 2 is 2.18 bits per heavy atom. The topological polar surface area (TPSA) is 69.2 Å². The zero-order chi connectivity index (χ0) is 13.1. The van der Waals surface area contributed by atoms with Gasteiger partial charge in [0.1, 0.15) is 10.9 Å². The molecular weight excluding hydrogens is 264 g/mol. The molecule has 0 aliphatic carbocycles. The number of hydrogen-bond donors (Lipinski definition) is 0. The molecule has 0 saturated carbocycles. The van der Waals surface area contributed by atoms with Gasteiger partial charge in [-0.2, -0.15) is 4.98 Å². The van der Waals surface area contributed by atoms with E-state index < -0.39 is 9.84 Å². The molecule has 0 bridgehead atoms. The second-order valence-electron chi connectivity index (χ2n) is 3.29. The van der Waals surface area contributed by atoms with Crippen LogP contribution in [0.4, 0.5) is 0 Å². The van der Waals surface area contributed by atoms with Gasteiger partial charge in [-0.1, -0.05) is 18.5 Å². The molecule has 0 aliphatic rings. The third-order valence-corrected chi connectivity index (χ3v) is 2.93. The lowest BCUT2D eigenvalue weighted by Gasteiger charge is -2.07. The van der Waals surface area contributed by atoms with Crippen LogP contribution in [0.3, 0.4) is 0 Å². The van der Waals surface area contributed by atoms with Gasteiger partial charge in [0.15, 0.2) is 0 Å². The Morgan fingerprint density at radius 3 is 2.65 bits per heavy atom. The molecule has 1 heterocycles. The SMILES string of the molecule is CC=C(CC)Oc1cc(Cl)nc(S(C)(=O)=O)n1. The highest BCUT2D eigenvalue weighted by molar-refractivity contribution is 7.90. The Kier molecular flexibility index (Phi) is 4.47. The summed E-state index contributed by atoms with van der Waals surface area (Å²) in [5, 5.41) is -0.312. The van der Waals surface area contributed by atoms with Crippen molar-refractivity contribution in [2.75, 3.05) is 6.26 Å². The van der Waals surface area contributed by atoms with Crippen molar-refractivity contribution in [3.05, 3.63) is 23.1 Å². The fourth-order valence-electron chi connectivity index (χ4n) is 1.06. The lowest BCUT2D eigenvalue weighted by Crippen LogP contribution is -2.06. The largest absolute Gasteiger partial charge is 0.444 e. The first-order valence-electron chi connectivity index (χ1n) is 4.94. The molecule has 0 fully saturated rings. The molecule has 17 heavy (non-hydrogen) atoms. The van der Waals surface area contributed by atoms with Gasteiger partial charge in [-0.25, -0.2) is 13.4 Å². The molecule has 0 amide bonds. The van der Waals surface area contributed by atoms with Crippen LogP contribution in [-0.2, 0) is 9.84 Å². The summed E-state index contributed by atoms with van der Waals surface area (Å²) in [4.78, 5) is 7.42. The van der Waals surface area contributed by atoms with Gasteiger partial charge in [0.2, 0.25) is 15.7 Å². The molecule has 1 rings (SSSR count). The van der Waals surface area contributed by atoms with Gasteiger partial charge < -0.3 is 4.74 Å². The van der Waals surface area contributed by atoms with Crippen molar-refractivity contribution in [2.45, 2.75) is 25.4 Å². The first-order valence-corrected chi connectivity index (χ1v) is 7.21. The molecular formula is C10H13ClN2O3S. The van der Waals surface area contributed by atoms with Gasteiger partial charge >= 0.3 is 0 Å². The summed E-state index contributed by atoms with van der Waals surface area (Å²) in [5.74, 6) is 0.805. The van der Waals surface area contributed by atoms with Crippen LogP contribution in [0.2, 0.25) is 5.15 Å². The summed E-state index contributed by atoms with van der Waals surface area (Å²) < 4.78 is 28.0. The van der Waals surface area contributed by atoms with Gasteiger partial charge in [-0.15, -0.1) is 0 Å². The molecule has 1 aromatic heterocycles. The molecule has 0 spiro atoms. The Labute approximate surface area is 105 Å². The van der Waals surface area contributed by atoms with E-state index in [9.17, 15) is 8.42 Å². The van der Waals surface area contributed by atoms with E-state index in [1.165, 1.54) is 6.07 Å². The first kappa shape index (κ1) is 13.9. The van der Waals surface area contributed by atoms with E-state index in [-0.39, 0.29) is 16.2 Å². The molecule has 0 aromatic carbocycles. The van der Waals surface area contributed by atoms with Gasteiger partial charge in [-0.3, -0.25) is 0 Å². The van der Waals surface area contributed by atoms with Crippen molar-refractivity contribution >= 4 is 21.4 Å². The predicted molar refractivity (Wildman–Crippen MR) is 64.8 cm³/mol. The summed E-state index contributed by atoms with van der Waals surface area (Å²) in [6, 6.07) is 1.37. The minimum atomic E-state index is -3.50. The van der Waals surface area contributed by atoms with Crippen molar-refractivity contribution in [1.29, 1.82) is 0 Å². The maximum atomic E-state index is 11.3. The lowest BCUT2D eigenvalue weighted by molar-refractivity contribution is 0.387. The normalized spacial score (nSPS) is 12.6. The molecule has 94 valence electrons. The zero-order valence-corrected chi connectivity index (χ0v) is 11.3. The second kappa shape index (κ2) is 5.46. The van der Waals surface area contributed by atoms with Gasteiger partial charge in [0.05, 0.1) is 0 Å². The van der Waals surface area contributed by atoms with E-state index in [1.54, 1.807) is 6.08 Å². The van der Waals surface area contributed by atoms with E-state index in [2.05, 4.69) is 9.97 Å². The van der Waals surface area contributed by atoms with E-state index in [0.717, 1.165) is 6.26 Å². The number of sulfone groups is 1. The first-order chi connectivity index (χ1) is 7.86. The highest BCUT2D eigenvalue weighted by atomic mass is 35.5. The van der Waals surface area contributed by atoms with Crippen molar-refractivity contribution in [2.24, 2.45) is 0 Å². The molecule has 0 aliphatic heterocycles. The number of allylic oxidation sites excluding steroid dienone is 2. The Bertz CT molecular complexity index is 540. The average molecular weight is 277 g/mol. The number of nitrogens with zero attached hydrogens (tertiary/aromatic N) is 2. The van der Waals surface area contributed by atoms with Crippen LogP contribution in [0.1, 0.15) is 20.3 Å². The Morgan fingerprint density at radius 1 is 1.53 bits per heavy atom. The van der Waals surface area contributed by atoms with Gasteiger partial charge in [0, 0.05) is 18.7 Å². The molecule has 0 radical (unpaired) electrons. The molecule has 1 aromatic rings. The van der Waals surface area contributed by atoms with Crippen molar-refractivity contribution < 1.29 is 13.2 Å². The highest BCUT2D eigenvalue weighted by Gasteiger charge is 2.14. The number of ether oxygens (including phenoxy) is 1. The third-order valence-electron chi connectivity index (χ3n) is 1.89. The Hall–Kier alpha value is -1.14. The quantitative estimate of drug-likeness (QED) is 0.479. The van der Waals surface area contributed by atoms with Gasteiger partial charge in [-0.05, 0) is 13.0 Å². The van der Waals surface area contributed by atoms with Crippen LogP contribution < -0.4 is 4.74 Å². The van der Waals surface area contributed by atoms with Crippen LogP contribution >= 0.6 is 11.6 Å². The molecule has 7 heteroatoms. The van der Waals surface area contributed by atoms with Crippen LogP contribution in [0.15, 0.2) is 23.1 Å². The van der Waals surface area contributed by atoms with E-state index in [1.807, 2.05) is 13.8 Å². The van der Waals surface area contributed by atoms with Gasteiger partial charge in [0.25, 0.3) is 5.16 Å². The van der Waals surface area contributed by atoms with Crippen molar-refractivity contribution in [1.82, 2.24) is 9.97 Å². The zero-order valence-electron chi connectivity index (χ0n) is 9.77. The maximum absolute atomic E-state index is 11.3. The summed E-state index contributed by atoms with van der Waals surface area (Å²) in [6.07, 6.45) is 3.46. The van der Waals surface area contributed by atoms with Crippen molar-refractivity contribution in [3.63, 3.8) is 0 Å². The summed E-state index contributed by atoms with van der Waals surface area (Å²) >= 11 is 5.71. The predicted octanol–water partition coefficient (Wildman–Crippen LogP) is 2.23. The second-order valence-corrected chi connectivity index (χ2v) is 5.59. The molecule has 5 nitrogen and oxygen atoms in total. The van der Waals surface area contributed by atoms with Crippen LogP contribution in [0.25, 0.3) is 0 Å². The third kappa shape index (κ3) is 3.98. The number of hydrogen-bond acceptors (Lipinski definition) is 5. The van der Waals surface area contributed by atoms with E-state index in [4.69, 9.17) is 16.3 Å². The fraction of sp³-hybridized carbons (Fsp3) is 0.400. The standard InChI is InChI=1S/C10H13ClN2O3S/c1-4-7(5-2)16-9-6-8(11)12-10(13-9)17(3,14)15/h4,6H,5H2,1-3H3. The molecule has 0 unspecified atom stereocenters. The number of halogens is 1. The van der Waals surface area contributed by atoms with Crippen LogP contribution in [0.5, 0.6) is 5.88 Å². The minimum absolute atomic E-state index is 0.0296. The van der Waals surface area contributed by atoms with Crippen LogP contribution in [0, 0.1) is 0 Å². The van der Waals surface area contributed by atoms with E-state index in [0.29, 0.717) is 12.2 Å². The summed E-state index contributed by atoms with van der Waals surface area (Å²) in [6.45, 7) is 3.73. The summed E-state index contributed by atoms with van der Waals surface area (Å²) in [7, 11) is -3.50. The highest BCUT2D eigenvalue weighted by Crippen LogP contribution is 2.19. The molecule has 0 saturated heterocycles. The van der Waals surface area contributed by atoms with Crippen molar-refractivity contribution in [3.8, 4) is 5.88 Å². The average Bonchev–Trinajstić information content (AvgIpc) is 2.24. The smallest absolute Gasteiger partial charge is 0.251 e. The maximum Gasteiger partial charge on any atom is 0.251 e. The molecule has 0 N–H and O–H groups in total. The monoisotopic (exact) mass is 276 g/mol. The molecule has 0 atom stereocenters. The number of rotatable bonds is 4.